The molecular formula is C26H22N2O4. The number of imidazole rings is 1. The molecule has 6 nitrogen and oxygen atoms in total. The maximum atomic E-state index is 11.1. The van der Waals surface area contributed by atoms with Gasteiger partial charge in [-0.15, -0.1) is 0 Å². The minimum atomic E-state index is -1.35. The van der Waals surface area contributed by atoms with E-state index < -0.39 is 6.16 Å². The number of carboxylic acid groups (broad SMARTS) is 1. The Morgan fingerprint density at radius 2 is 1.94 bits per heavy atom. The van der Waals surface area contributed by atoms with Crippen molar-refractivity contribution >= 4 is 22.8 Å². The fraction of sp³-hybridized carbons (Fsp3) is 0.154. The molecule has 3 aromatic carbocycles. The zero-order valence-electron chi connectivity index (χ0n) is 17.8. The molecule has 0 saturated heterocycles. The summed E-state index contributed by atoms with van der Waals surface area (Å²) in [4.78, 5) is 15.6. The maximum Gasteiger partial charge on any atom is 0.511 e. The van der Waals surface area contributed by atoms with Gasteiger partial charge in [-0.25, -0.2) is 9.78 Å². The van der Waals surface area contributed by atoms with Crippen LogP contribution in [0.3, 0.4) is 0 Å². The van der Waals surface area contributed by atoms with E-state index in [9.17, 15) is 4.79 Å². The van der Waals surface area contributed by atoms with Crippen molar-refractivity contribution in [3.63, 3.8) is 0 Å². The third kappa shape index (κ3) is 3.60. The summed E-state index contributed by atoms with van der Waals surface area (Å²) in [5, 5.41) is 9.04. The van der Waals surface area contributed by atoms with E-state index in [1.807, 2.05) is 24.5 Å². The number of ether oxygens (including phenoxy) is 2. The Morgan fingerprint density at radius 3 is 2.78 bits per heavy atom. The van der Waals surface area contributed by atoms with Crippen molar-refractivity contribution in [2.45, 2.75) is 27.0 Å². The molecule has 5 rings (SSSR count). The molecule has 0 fully saturated rings. The van der Waals surface area contributed by atoms with Gasteiger partial charge in [0.25, 0.3) is 0 Å². The maximum absolute atomic E-state index is 11.1. The van der Waals surface area contributed by atoms with Gasteiger partial charge in [-0.05, 0) is 72.0 Å². The molecule has 0 atom stereocenters. The summed E-state index contributed by atoms with van der Waals surface area (Å²) >= 11 is 0. The third-order valence-electron chi connectivity index (χ3n) is 5.87. The van der Waals surface area contributed by atoms with Gasteiger partial charge in [0.15, 0.2) is 0 Å². The quantitative estimate of drug-likeness (QED) is 0.334. The molecule has 4 aromatic rings. The third-order valence-corrected chi connectivity index (χ3v) is 5.87. The van der Waals surface area contributed by atoms with Gasteiger partial charge < -0.3 is 19.1 Å². The Kier molecular flexibility index (Phi) is 4.90. The SMILES string of the molecule is Cc1cc2ncn(CC=C3c4ccccc4COc4ccc(OC(=O)O)cc43)c2cc1C. The van der Waals surface area contributed by atoms with Crippen LogP contribution in [-0.4, -0.2) is 20.8 Å². The first-order valence-corrected chi connectivity index (χ1v) is 10.4. The lowest BCUT2D eigenvalue weighted by Crippen LogP contribution is -2.03. The molecule has 1 aliphatic heterocycles. The molecule has 0 saturated carbocycles. The van der Waals surface area contributed by atoms with Crippen LogP contribution in [-0.2, 0) is 13.2 Å². The van der Waals surface area contributed by atoms with E-state index in [1.54, 1.807) is 18.2 Å². The number of allylic oxidation sites excluding steroid dienone is 1. The molecule has 2 heterocycles. The van der Waals surface area contributed by atoms with E-state index in [0.29, 0.717) is 18.9 Å². The molecule has 0 bridgehead atoms. The highest BCUT2D eigenvalue weighted by Crippen LogP contribution is 2.39. The van der Waals surface area contributed by atoms with Gasteiger partial charge >= 0.3 is 6.16 Å². The fourth-order valence-corrected chi connectivity index (χ4v) is 4.09. The molecule has 0 aliphatic carbocycles. The minimum absolute atomic E-state index is 0.254. The zero-order chi connectivity index (χ0) is 22.2. The fourth-order valence-electron chi connectivity index (χ4n) is 4.09. The van der Waals surface area contributed by atoms with Gasteiger partial charge in [0.05, 0.1) is 17.4 Å². The summed E-state index contributed by atoms with van der Waals surface area (Å²) in [7, 11) is 0. The molecule has 32 heavy (non-hydrogen) atoms. The van der Waals surface area contributed by atoms with Gasteiger partial charge in [0.2, 0.25) is 0 Å². The van der Waals surface area contributed by atoms with Crippen LogP contribution in [0.5, 0.6) is 11.5 Å². The number of fused-ring (bicyclic) bond motifs is 3. The largest absolute Gasteiger partial charge is 0.511 e. The number of benzene rings is 3. The van der Waals surface area contributed by atoms with Crippen LogP contribution in [0.1, 0.15) is 27.8 Å². The predicted molar refractivity (Wildman–Crippen MR) is 122 cm³/mol. The van der Waals surface area contributed by atoms with Crippen molar-refractivity contribution < 1.29 is 19.4 Å². The first-order valence-electron chi connectivity index (χ1n) is 10.4. The van der Waals surface area contributed by atoms with Crippen LogP contribution in [0.2, 0.25) is 0 Å². The van der Waals surface area contributed by atoms with Gasteiger partial charge in [-0.3, -0.25) is 0 Å². The smallest absolute Gasteiger partial charge is 0.488 e. The molecule has 1 aromatic heterocycles. The number of hydrogen-bond acceptors (Lipinski definition) is 4. The van der Waals surface area contributed by atoms with Crippen molar-refractivity contribution in [1.82, 2.24) is 9.55 Å². The summed E-state index contributed by atoms with van der Waals surface area (Å²) in [5.74, 6) is 0.941. The second-order valence-electron chi connectivity index (χ2n) is 7.91. The minimum Gasteiger partial charge on any atom is -0.488 e. The molecule has 0 unspecified atom stereocenters. The van der Waals surface area contributed by atoms with Crippen molar-refractivity contribution in [2.75, 3.05) is 0 Å². The van der Waals surface area contributed by atoms with Gasteiger partial charge in [-0.1, -0.05) is 30.3 Å². The van der Waals surface area contributed by atoms with Gasteiger partial charge in [0.1, 0.15) is 18.1 Å². The molecule has 1 aliphatic rings. The van der Waals surface area contributed by atoms with Crippen molar-refractivity contribution in [3.05, 3.63) is 94.8 Å². The average molecular weight is 426 g/mol. The Hall–Kier alpha value is -4.06. The lowest BCUT2D eigenvalue weighted by molar-refractivity contribution is 0.144. The van der Waals surface area contributed by atoms with E-state index in [0.717, 1.165) is 33.3 Å². The van der Waals surface area contributed by atoms with E-state index in [-0.39, 0.29) is 5.75 Å². The first kappa shape index (κ1) is 19.9. The van der Waals surface area contributed by atoms with Crippen LogP contribution < -0.4 is 9.47 Å². The van der Waals surface area contributed by atoms with Crippen LogP contribution in [0, 0.1) is 13.8 Å². The van der Waals surface area contributed by atoms with E-state index >= 15 is 0 Å². The number of rotatable bonds is 3. The monoisotopic (exact) mass is 426 g/mol. The molecule has 1 N–H and O–H groups in total. The molecule has 0 amide bonds. The zero-order valence-corrected chi connectivity index (χ0v) is 17.8. The number of hydrogen-bond donors (Lipinski definition) is 1. The van der Waals surface area contributed by atoms with Gasteiger partial charge in [0, 0.05) is 12.1 Å². The highest BCUT2D eigenvalue weighted by atomic mass is 16.7. The summed E-state index contributed by atoms with van der Waals surface area (Å²) < 4.78 is 13.1. The Labute approximate surface area is 185 Å². The highest BCUT2D eigenvalue weighted by Gasteiger charge is 2.20. The van der Waals surface area contributed by atoms with Crippen molar-refractivity contribution in [1.29, 1.82) is 0 Å². The lowest BCUT2D eigenvalue weighted by atomic mass is 9.94. The van der Waals surface area contributed by atoms with Crippen molar-refractivity contribution in [3.8, 4) is 11.5 Å². The Balaban J connectivity index is 1.63. The van der Waals surface area contributed by atoms with Crippen LogP contribution in [0.25, 0.3) is 16.6 Å². The highest BCUT2D eigenvalue weighted by molar-refractivity contribution is 5.86. The summed E-state index contributed by atoms with van der Waals surface area (Å²) in [6, 6.07) is 17.4. The van der Waals surface area contributed by atoms with E-state index in [2.05, 4.69) is 47.7 Å². The first-order chi connectivity index (χ1) is 15.5. The predicted octanol–water partition coefficient (Wildman–Crippen LogP) is 5.73. The van der Waals surface area contributed by atoms with E-state index in [1.165, 1.54) is 11.1 Å². The molecule has 0 spiro atoms. The second-order valence-corrected chi connectivity index (χ2v) is 7.91. The molecular weight excluding hydrogens is 404 g/mol. The molecule has 6 heteroatoms. The molecule has 0 radical (unpaired) electrons. The van der Waals surface area contributed by atoms with Crippen LogP contribution in [0.15, 0.2) is 67.0 Å². The van der Waals surface area contributed by atoms with Crippen LogP contribution in [0.4, 0.5) is 4.79 Å². The number of aryl methyl sites for hydroxylation is 2. The van der Waals surface area contributed by atoms with E-state index in [4.69, 9.17) is 14.6 Å². The van der Waals surface area contributed by atoms with Crippen molar-refractivity contribution in [2.24, 2.45) is 0 Å². The summed E-state index contributed by atoms with van der Waals surface area (Å²) in [6.07, 6.45) is 2.64. The Bertz CT molecular complexity index is 1380. The second kappa shape index (κ2) is 7.89. The normalized spacial score (nSPS) is 13.9. The lowest BCUT2D eigenvalue weighted by Gasteiger charge is -2.12. The van der Waals surface area contributed by atoms with Gasteiger partial charge in [-0.2, -0.15) is 0 Å². The number of nitrogens with zero attached hydrogens (tertiary/aromatic N) is 2. The average Bonchev–Trinajstić information content (AvgIpc) is 3.07. The van der Waals surface area contributed by atoms with Crippen LogP contribution >= 0.6 is 0 Å². The Morgan fingerprint density at radius 1 is 1.12 bits per heavy atom. The standard InChI is InChI=1S/C26H22N2O4/c1-16-11-23-24(12-17(16)2)28(15-27-23)10-9-21-20-6-4-3-5-18(20)14-31-25-8-7-19(13-22(21)25)32-26(29)30/h3-9,11-13,15H,10,14H2,1-2H3,(H,29,30). The number of aromatic nitrogens is 2. The summed E-state index contributed by atoms with van der Waals surface area (Å²) in [5.41, 5.74) is 8.37. The molecule has 160 valence electrons. The topological polar surface area (TPSA) is 73.6 Å². The number of carbonyl (C=O) groups is 1. The summed E-state index contributed by atoms with van der Waals surface area (Å²) in [6.45, 7) is 5.23.